The number of benzene rings is 1. The molecule has 0 aliphatic carbocycles. The van der Waals surface area contributed by atoms with Gasteiger partial charge in [0.1, 0.15) is 16.3 Å². The minimum atomic E-state index is -0.150. The van der Waals surface area contributed by atoms with Crippen LogP contribution >= 0.6 is 11.3 Å². The molecule has 0 radical (unpaired) electrons. The zero-order chi connectivity index (χ0) is 24.2. The Morgan fingerprint density at radius 1 is 0.971 bits per heavy atom. The smallest absolute Gasteiger partial charge is 0.265 e. The van der Waals surface area contributed by atoms with E-state index in [0.29, 0.717) is 10.3 Å². The molecule has 7 nitrogen and oxygen atoms in total. The maximum absolute atomic E-state index is 12.9. The zero-order valence-corrected chi connectivity index (χ0v) is 20.7. The van der Waals surface area contributed by atoms with E-state index in [2.05, 4.69) is 58.6 Å². The number of anilines is 4. The Morgan fingerprint density at radius 2 is 1.74 bits per heavy atom. The van der Waals surface area contributed by atoms with Crippen LogP contribution in [-0.4, -0.2) is 33.4 Å². The summed E-state index contributed by atoms with van der Waals surface area (Å²) in [5.74, 6) is 0.605. The highest BCUT2D eigenvalue weighted by molar-refractivity contribution is 7.20. The number of nitrogens with one attached hydrogen (secondary N) is 2. The van der Waals surface area contributed by atoms with Gasteiger partial charge in [-0.2, -0.15) is 0 Å². The van der Waals surface area contributed by atoms with Crippen molar-refractivity contribution in [1.82, 2.24) is 14.4 Å². The Morgan fingerprint density at radius 3 is 2.51 bits per heavy atom. The van der Waals surface area contributed by atoms with Crippen LogP contribution in [0.2, 0.25) is 0 Å². The van der Waals surface area contributed by atoms with Crippen LogP contribution < -0.4 is 15.5 Å². The zero-order valence-electron chi connectivity index (χ0n) is 19.9. The first kappa shape index (κ1) is 21.6. The van der Waals surface area contributed by atoms with E-state index in [0.717, 1.165) is 51.8 Å². The van der Waals surface area contributed by atoms with E-state index in [1.54, 1.807) is 0 Å². The average molecular weight is 483 g/mol. The van der Waals surface area contributed by atoms with Crippen molar-refractivity contribution in [2.24, 2.45) is 5.41 Å². The van der Waals surface area contributed by atoms with Crippen LogP contribution in [0.1, 0.15) is 29.2 Å². The fourth-order valence-electron chi connectivity index (χ4n) is 4.56. The highest BCUT2D eigenvalue weighted by Crippen LogP contribution is 2.34. The molecule has 1 fully saturated rings. The number of hydrogen-bond acceptors (Lipinski definition) is 6. The van der Waals surface area contributed by atoms with E-state index in [9.17, 15) is 4.79 Å². The van der Waals surface area contributed by atoms with E-state index >= 15 is 0 Å². The maximum Gasteiger partial charge on any atom is 0.265 e. The Labute approximate surface area is 207 Å². The summed E-state index contributed by atoms with van der Waals surface area (Å²) in [5, 5.41) is 7.31. The van der Waals surface area contributed by atoms with E-state index < -0.39 is 0 Å². The fraction of sp³-hybridized carbons (Fsp3) is 0.222. The summed E-state index contributed by atoms with van der Waals surface area (Å²) in [6.45, 7) is 8.71. The predicted molar refractivity (Wildman–Crippen MR) is 143 cm³/mol. The second-order valence-electron chi connectivity index (χ2n) is 9.91. The lowest BCUT2D eigenvalue weighted by molar-refractivity contribution is 0.103. The average Bonchev–Trinajstić information content (AvgIpc) is 3.40. The van der Waals surface area contributed by atoms with Crippen molar-refractivity contribution >= 4 is 56.0 Å². The molecule has 0 bridgehead atoms. The fourth-order valence-corrected chi connectivity index (χ4v) is 5.48. The number of fused-ring (bicyclic) bond motifs is 2. The van der Waals surface area contributed by atoms with E-state index in [4.69, 9.17) is 4.98 Å². The van der Waals surface area contributed by atoms with Gasteiger partial charge in [-0.15, -0.1) is 11.3 Å². The lowest BCUT2D eigenvalue weighted by Crippen LogP contribution is -2.53. The van der Waals surface area contributed by atoms with Crippen molar-refractivity contribution in [3.63, 3.8) is 0 Å². The molecule has 1 amide bonds. The van der Waals surface area contributed by atoms with E-state index in [1.807, 2.05) is 54.0 Å². The van der Waals surface area contributed by atoms with Crippen LogP contribution in [-0.2, 0) is 0 Å². The molecule has 6 rings (SSSR count). The third-order valence-electron chi connectivity index (χ3n) is 6.18. The van der Waals surface area contributed by atoms with Crippen molar-refractivity contribution < 1.29 is 4.79 Å². The molecule has 1 aromatic carbocycles. The van der Waals surface area contributed by atoms with Gasteiger partial charge in [-0.05, 0) is 66.9 Å². The number of carbonyl (C=O) groups is 1. The molecule has 35 heavy (non-hydrogen) atoms. The second kappa shape index (κ2) is 8.09. The molecule has 176 valence electrons. The van der Waals surface area contributed by atoms with Crippen molar-refractivity contribution in [1.29, 1.82) is 0 Å². The topological polar surface area (TPSA) is 74.6 Å². The number of amides is 1. The third-order valence-corrected chi connectivity index (χ3v) is 7.22. The number of aromatic nitrogens is 3. The van der Waals surface area contributed by atoms with Crippen molar-refractivity contribution in [2.75, 3.05) is 28.6 Å². The maximum atomic E-state index is 12.9. The second-order valence-corrected chi connectivity index (χ2v) is 10.9. The molecule has 4 aromatic heterocycles. The van der Waals surface area contributed by atoms with Crippen molar-refractivity contribution in [3.8, 4) is 0 Å². The van der Waals surface area contributed by atoms with Crippen molar-refractivity contribution in [2.45, 2.75) is 20.8 Å². The van der Waals surface area contributed by atoms with Crippen LogP contribution in [0.4, 0.5) is 22.9 Å². The summed E-state index contributed by atoms with van der Waals surface area (Å²) < 4.78 is 1.91. The quantitative estimate of drug-likeness (QED) is 0.317. The van der Waals surface area contributed by atoms with E-state index in [1.165, 1.54) is 17.0 Å². The molecule has 2 N–H and O–H groups in total. The molecule has 0 unspecified atom stereocenters. The molecule has 5 heterocycles. The SMILES string of the molecule is Cc1cn2cc(NC(=O)c3cc4ccc(Nc5ccc(N6CC(C)(C)C6)cc5)nc4s3)ccc2n1. The molecule has 0 saturated carbocycles. The molecule has 5 aromatic rings. The largest absolute Gasteiger partial charge is 0.370 e. The minimum Gasteiger partial charge on any atom is -0.370 e. The number of carbonyl (C=O) groups excluding carboxylic acids is 1. The van der Waals surface area contributed by atoms with Crippen LogP contribution in [0.3, 0.4) is 0 Å². The first-order chi connectivity index (χ1) is 16.8. The third kappa shape index (κ3) is 4.33. The first-order valence-corrected chi connectivity index (χ1v) is 12.4. The molecular formula is C27H26N6OS. The van der Waals surface area contributed by atoms with E-state index in [-0.39, 0.29) is 5.91 Å². The molecule has 8 heteroatoms. The number of hydrogen-bond donors (Lipinski definition) is 2. The number of rotatable bonds is 5. The highest BCUT2D eigenvalue weighted by atomic mass is 32.1. The van der Waals surface area contributed by atoms with Gasteiger partial charge >= 0.3 is 0 Å². The van der Waals surface area contributed by atoms with Crippen molar-refractivity contribution in [3.05, 3.63) is 77.6 Å². The van der Waals surface area contributed by atoms with Gasteiger partial charge in [-0.25, -0.2) is 9.97 Å². The van der Waals surface area contributed by atoms with Crippen LogP contribution in [0.5, 0.6) is 0 Å². The lowest BCUT2D eigenvalue weighted by Gasteiger charge is -2.47. The van der Waals surface area contributed by atoms with Gasteiger partial charge in [0.15, 0.2) is 0 Å². The normalized spacial score (nSPS) is 14.8. The monoisotopic (exact) mass is 482 g/mol. The number of imidazole rings is 1. The van der Waals surface area contributed by atoms with Crippen LogP contribution in [0, 0.1) is 12.3 Å². The van der Waals surface area contributed by atoms with Gasteiger partial charge in [0.05, 0.1) is 16.3 Å². The summed E-state index contributed by atoms with van der Waals surface area (Å²) in [6, 6.07) is 18.0. The van der Waals surface area contributed by atoms with Crippen LogP contribution in [0.15, 0.2) is 67.0 Å². The summed E-state index contributed by atoms with van der Waals surface area (Å²) in [4.78, 5) is 25.9. The Kier molecular flexibility index (Phi) is 5.00. The van der Waals surface area contributed by atoms with Gasteiger partial charge in [0, 0.05) is 42.2 Å². The van der Waals surface area contributed by atoms with Gasteiger partial charge in [-0.3, -0.25) is 4.79 Å². The minimum absolute atomic E-state index is 0.150. The molecular weight excluding hydrogens is 456 g/mol. The number of thiophene rings is 1. The molecule has 0 spiro atoms. The Bertz CT molecular complexity index is 1560. The Hall–Kier alpha value is -3.91. The number of pyridine rings is 2. The first-order valence-electron chi connectivity index (χ1n) is 11.6. The molecule has 1 aliphatic rings. The number of aryl methyl sites for hydroxylation is 1. The summed E-state index contributed by atoms with van der Waals surface area (Å²) in [5.41, 5.74) is 5.14. The van der Waals surface area contributed by atoms with Gasteiger partial charge < -0.3 is 19.9 Å². The summed E-state index contributed by atoms with van der Waals surface area (Å²) in [7, 11) is 0. The van der Waals surface area contributed by atoms with Gasteiger partial charge in [0.2, 0.25) is 0 Å². The predicted octanol–water partition coefficient (Wildman–Crippen LogP) is 6.09. The summed E-state index contributed by atoms with van der Waals surface area (Å²) >= 11 is 1.38. The van der Waals surface area contributed by atoms with Crippen LogP contribution in [0.25, 0.3) is 15.9 Å². The van der Waals surface area contributed by atoms with Gasteiger partial charge in [-0.1, -0.05) is 13.8 Å². The van der Waals surface area contributed by atoms with Gasteiger partial charge in [0.25, 0.3) is 5.91 Å². The standard InChI is InChI=1S/C27H26N6OS/c1-17-13-32-14-20(7-11-24(32)28-17)30-25(34)22-12-18-4-10-23(31-26(18)35-22)29-19-5-8-21(9-6-19)33-15-27(2,3)16-33/h4-14H,15-16H2,1-3H3,(H,29,31)(H,30,34). The molecule has 1 saturated heterocycles. The molecule has 0 atom stereocenters. The number of nitrogens with zero attached hydrogens (tertiary/aromatic N) is 4. The summed E-state index contributed by atoms with van der Waals surface area (Å²) in [6.07, 6.45) is 3.80. The Balaban J connectivity index is 1.15. The highest BCUT2D eigenvalue weighted by Gasteiger charge is 2.33. The molecule has 1 aliphatic heterocycles. The lowest BCUT2D eigenvalue weighted by atomic mass is 9.84.